The van der Waals surface area contributed by atoms with E-state index in [1.54, 1.807) is 19.2 Å². The SMILES string of the molecule is CNC(=O)c1nn(CC(=O)NC(Cc2cc(F)cc(F)c2)c2nc(C#CC(C)(C)O)ccc2-c2ccc(Cl)c3c(NS(C)(=O)=O)nn(C)c23)c2c1C1CC1C2(F)F. The van der Waals surface area contributed by atoms with Gasteiger partial charge in [-0.25, -0.2) is 22.2 Å². The number of anilines is 1. The Balaban J connectivity index is 1.39. The largest absolute Gasteiger partial charge is 0.378 e. The van der Waals surface area contributed by atoms with Crippen LogP contribution in [0.4, 0.5) is 23.4 Å². The highest BCUT2D eigenvalue weighted by atomic mass is 35.5. The summed E-state index contributed by atoms with van der Waals surface area (Å²) in [4.78, 5) is 31.5. The van der Waals surface area contributed by atoms with E-state index < -0.39 is 75.1 Å². The maximum absolute atomic E-state index is 15.6. The molecule has 3 unspecified atom stereocenters. The first-order valence-corrected chi connectivity index (χ1v) is 19.8. The minimum Gasteiger partial charge on any atom is -0.378 e. The molecule has 3 heterocycles. The smallest absolute Gasteiger partial charge is 0.293 e. The highest BCUT2D eigenvalue weighted by Gasteiger charge is 2.67. The number of aromatic nitrogens is 5. The number of alkyl halides is 2. The summed E-state index contributed by atoms with van der Waals surface area (Å²) >= 11 is 6.60. The Morgan fingerprint density at radius 3 is 2.44 bits per heavy atom. The predicted octanol–water partition coefficient (Wildman–Crippen LogP) is 4.93. The molecule has 3 atom stereocenters. The highest BCUT2D eigenvalue weighted by molar-refractivity contribution is 7.92. The van der Waals surface area contributed by atoms with Crippen LogP contribution < -0.4 is 15.4 Å². The zero-order valence-corrected chi connectivity index (χ0v) is 32.6. The molecule has 2 amide bonds. The van der Waals surface area contributed by atoms with Crippen LogP contribution in [0, 0.1) is 29.4 Å². The average molecular weight is 827 g/mol. The zero-order chi connectivity index (χ0) is 41.4. The summed E-state index contributed by atoms with van der Waals surface area (Å²) in [7, 11) is -0.920. The number of hydrogen-bond donors (Lipinski definition) is 4. The van der Waals surface area contributed by atoms with E-state index in [-0.39, 0.29) is 57.3 Å². The lowest BCUT2D eigenvalue weighted by Gasteiger charge is -2.23. The number of amides is 2. The molecule has 0 aliphatic heterocycles. The van der Waals surface area contributed by atoms with Crippen LogP contribution in [-0.2, 0) is 40.8 Å². The highest BCUT2D eigenvalue weighted by Crippen LogP contribution is 2.67. The van der Waals surface area contributed by atoms with Crippen molar-refractivity contribution in [1.82, 2.24) is 35.2 Å². The molecule has 298 valence electrons. The maximum atomic E-state index is 15.6. The molecule has 4 N–H and O–H groups in total. The first-order chi connectivity index (χ1) is 26.6. The molecular formula is C38H35ClF4N8O5S. The summed E-state index contributed by atoms with van der Waals surface area (Å²) in [6.45, 7) is 2.16. The lowest BCUT2D eigenvalue weighted by Crippen LogP contribution is -2.35. The second-order valence-corrected chi connectivity index (χ2v) is 16.8. The number of nitrogens with zero attached hydrogens (tertiary/aromatic N) is 5. The van der Waals surface area contributed by atoms with E-state index in [9.17, 15) is 31.9 Å². The standard InChI is InChI=1S/C38H35ClF4N8O5S/c1-37(2,54)11-10-21-6-7-22(23-8-9-26(39)30-33(23)50(4)48-35(30)49-57(5,55)56)31(45-21)27(14-18-12-19(40)15-20(41)13-18)46-28(52)17-51-34-29(32(47-51)36(53)44-3)24-16-25(24)38(34,42)43/h6-9,12-13,15,24-25,27,54H,14,16-17H2,1-5H3,(H,44,53)(H,46,52)(H,48,49). The van der Waals surface area contributed by atoms with Gasteiger partial charge in [0.1, 0.15) is 35.2 Å². The summed E-state index contributed by atoms with van der Waals surface area (Å²) in [5, 5.41) is 24.4. The zero-order valence-electron chi connectivity index (χ0n) is 31.0. The molecule has 0 spiro atoms. The molecule has 2 aliphatic carbocycles. The van der Waals surface area contributed by atoms with E-state index in [1.807, 2.05) is 0 Å². The van der Waals surface area contributed by atoms with E-state index in [2.05, 4.69) is 37.4 Å². The van der Waals surface area contributed by atoms with Crippen molar-refractivity contribution in [3.05, 3.63) is 93.0 Å². The van der Waals surface area contributed by atoms with E-state index in [0.29, 0.717) is 22.7 Å². The van der Waals surface area contributed by atoms with Crippen molar-refractivity contribution in [2.45, 2.75) is 56.7 Å². The van der Waals surface area contributed by atoms with Crippen molar-refractivity contribution in [3.8, 4) is 23.0 Å². The van der Waals surface area contributed by atoms with Crippen LogP contribution in [0.1, 0.15) is 70.9 Å². The molecule has 2 aromatic carbocycles. The Morgan fingerprint density at radius 2 is 1.79 bits per heavy atom. The molecule has 0 bridgehead atoms. The fourth-order valence-corrected chi connectivity index (χ4v) is 8.06. The Kier molecular flexibility index (Phi) is 9.86. The number of carbonyl (C=O) groups is 2. The number of fused-ring (bicyclic) bond motifs is 4. The lowest BCUT2D eigenvalue weighted by atomic mass is 9.93. The molecule has 3 aromatic heterocycles. The van der Waals surface area contributed by atoms with Crippen LogP contribution >= 0.6 is 11.6 Å². The fraction of sp³-hybridized carbons (Fsp3) is 0.342. The van der Waals surface area contributed by atoms with Crippen LogP contribution in [0.15, 0.2) is 42.5 Å². The number of rotatable bonds is 10. The van der Waals surface area contributed by atoms with Crippen molar-refractivity contribution in [2.75, 3.05) is 18.0 Å². The number of carbonyl (C=O) groups excluding carboxylic acids is 2. The van der Waals surface area contributed by atoms with Crippen molar-refractivity contribution in [2.24, 2.45) is 13.0 Å². The summed E-state index contributed by atoms with van der Waals surface area (Å²) in [6.07, 6.45) is 0.840. The van der Waals surface area contributed by atoms with Gasteiger partial charge in [-0.05, 0) is 74.4 Å². The Bertz CT molecular complexity index is 2660. The van der Waals surface area contributed by atoms with Crippen molar-refractivity contribution >= 4 is 50.2 Å². The van der Waals surface area contributed by atoms with Crippen molar-refractivity contribution in [3.63, 3.8) is 0 Å². The number of aliphatic hydroxyl groups is 1. The number of benzene rings is 2. The maximum Gasteiger partial charge on any atom is 0.293 e. The van der Waals surface area contributed by atoms with Crippen LogP contribution in [-0.4, -0.2) is 68.8 Å². The van der Waals surface area contributed by atoms with Crippen molar-refractivity contribution in [1.29, 1.82) is 0 Å². The summed E-state index contributed by atoms with van der Waals surface area (Å²) < 4.78 is 89.4. The Hall–Kier alpha value is -5.51. The van der Waals surface area contributed by atoms with Gasteiger partial charge in [-0.2, -0.15) is 19.0 Å². The number of nitrogens with one attached hydrogen (secondary N) is 3. The first-order valence-electron chi connectivity index (χ1n) is 17.5. The normalized spacial score (nSPS) is 17.3. The molecule has 1 fully saturated rings. The molecule has 7 rings (SSSR count). The van der Waals surface area contributed by atoms with Crippen LogP contribution in [0.2, 0.25) is 5.02 Å². The summed E-state index contributed by atoms with van der Waals surface area (Å²) in [5.41, 5.74) is -0.734. The second kappa shape index (κ2) is 14.1. The van der Waals surface area contributed by atoms with Gasteiger partial charge in [0.15, 0.2) is 11.5 Å². The van der Waals surface area contributed by atoms with Gasteiger partial charge in [-0.1, -0.05) is 23.6 Å². The van der Waals surface area contributed by atoms with Crippen molar-refractivity contribution < 1.29 is 40.7 Å². The third-order valence-electron chi connectivity index (χ3n) is 9.63. The third-order valence-corrected chi connectivity index (χ3v) is 10.5. The Morgan fingerprint density at radius 1 is 1.11 bits per heavy atom. The number of pyridine rings is 1. The van der Waals surface area contributed by atoms with Gasteiger partial charge in [0.25, 0.3) is 11.8 Å². The van der Waals surface area contributed by atoms with Gasteiger partial charge >= 0.3 is 0 Å². The van der Waals surface area contributed by atoms with Gasteiger partial charge in [-0.3, -0.25) is 23.7 Å². The minimum atomic E-state index is -3.81. The van der Waals surface area contributed by atoms with E-state index in [4.69, 9.17) is 16.6 Å². The van der Waals surface area contributed by atoms with Crippen LogP contribution in [0.5, 0.6) is 0 Å². The topological polar surface area (TPSA) is 173 Å². The number of sulfonamides is 1. The average Bonchev–Trinajstić information content (AvgIpc) is 3.65. The van der Waals surface area contributed by atoms with Gasteiger partial charge in [-0.15, -0.1) is 0 Å². The minimum absolute atomic E-state index is 0.0681. The van der Waals surface area contributed by atoms with Gasteiger partial charge in [0.05, 0.1) is 33.9 Å². The van der Waals surface area contributed by atoms with Crippen LogP contribution in [0.25, 0.3) is 22.0 Å². The van der Waals surface area contributed by atoms with E-state index in [1.165, 1.54) is 37.7 Å². The molecule has 1 saturated carbocycles. The molecular weight excluding hydrogens is 792 g/mol. The second-order valence-electron chi connectivity index (χ2n) is 14.6. The fourth-order valence-electron chi connectivity index (χ4n) is 7.32. The molecule has 5 aromatic rings. The Labute approximate surface area is 328 Å². The molecule has 57 heavy (non-hydrogen) atoms. The lowest BCUT2D eigenvalue weighted by molar-refractivity contribution is -0.122. The number of hydrogen-bond acceptors (Lipinski definition) is 8. The molecule has 0 radical (unpaired) electrons. The molecule has 19 heteroatoms. The first kappa shape index (κ1) is 39.7. The van der Waals surface area contributed by atoms with Gasteiger partial charge < -0.3 is 15.7 Å². The monoisotopic (exact) mass is 826 g/mol. The quantitative estimate of drug-likeness (QED) is 0.113. The van der Waals surface area contributed by atoms with E-state index >= 15 is 8.78 Å². The predicted molar refractivity (Wildman–Crippen MR) is 202 cm³/mol. The van der Waals surface area contributed by atoms with Gasteiger partial charge in [0, 0.05) is 42.8 Å². The van der Waals surface area contributed by atoms with Gasteiger partial charge in [0.2, 0.25) is 15.9 Å². The summed E-state index contributed by atoms with van der Waals surface area (Å²) in [5.74, 6) is -2.90. The number of aryl methyl sites for hydroxylation is 1. The third kappa shape index (κ3) is 7.78. The molecule has 13 nitrogen and oxygen atoms in total. The summed E-state index contributed by atoms with van der Waals surface area (Å²) in [6, 6.07) is 7.80. The molecule has 2 aliphatic rings. The van der Waals surface area contributed by atoms with E-state index in [0.717, 1.165) is 23.1 Å². The number of halogens is 5. The molecule has 0 saturated heterocycles. The van der Waals surface area contributed by atoms with Crippen LogP contribution in [0.3, 0.4) is 0 Å².